The number of nitrogens with zero attached hydrogens (tertiary/aromatic N) is 3. The average Bonchev–Trinajstić information content (AvgIpc) is 3.40. The Labute approximate surface area is 192 Å². The molecule has 1 aliphatic rings. The first-order chi connectivity index (χ1) is 15.1. The Morgan fingerprint density at radius 3 is 2.52 bits per heavy atom. The first-order valence-electron chi connectivity index (χ1n) is 9.37. The number of halogens is 1. The lowest BCUT2D eigenvalue weighted by molar-refractivity contribution is -0.122. The van der Waals surface area contributed by atoms with E-state index >= 15 is 0 Å². The minimum Gasteiger partial charge on any atom is -0.497 e. The number of methoxy groups -OCH3 is 1. The number of furan rings is 1. The molecule has 1 saturated heterocycles. The third kappa shape index (κ3) is 5.34. The molecular weight excluding hydrogens is 478 g/mol. The van der Waals surface area contributed by atoms with Gasteiger partial charge < -0.3 is 9.15 Å². The number of benzene rings is 2. The zero-order valence-corrected chi connectivity index (χ0v) is 19.0. The standard InChI is InChI=1S/C23H18BrN3O3S/c1-29-19-10-6-17(7-11-19)14-25-26-23-27(15-20-3-2-12-30-20)22(28)21(31-23)13-16-4-8-18(24)9-5-16/h2-14H,15H2,1H3/b21-13-,25-14-,26-23+. The summed E-state index contributed by atoms with van der Waals surface area (Å²) in [6, 6.07) is 18.8. The van der Waals surface area contributed by atoms with Crippen LogP contribution in [0.1, 0.15) is 16.9 Å². The van der Waals surface area contributed by atoms with E-state index in [1.54, 1.807) is 30.6 Å². The van der Waals surface area contributed by atoms with Gasteiger partial charge in [0.2, 0.25) is 0 Å². The Balaban J connectivity index is 1.59. The molecule has 8 heteroatoms. The third-order valence-corrected chi connectivity index (χ3v) is 5.94. The SMILES string of the molecule is COc1ccc(/C=N\N=C2\S/C(=C\c3ccc(Br)cc3)C(=O)N2Cc2ccco2)cc1. The van der Waals surface area contributed by atoms with E-state index in [4.69, 9.17) is 9.15 Å². The van der Waals surface area contributed by atoms with Crippen LogP contribution in [0.25, 0.3) is 6.08 Å². The highest BCUT2D eigenvalue weighted by Crippen LogP contribution is 2.34. The van der Waals surface area contributed by atoms with Crippen molar-refractivity contribution >= 4 is 51.1 Å². The van der Waals surface area contributed by atoms with Crippen LogP contribution in [0.3, 0.4) is 0 Å². The lowest BCUT2D eigenvalue weighted by Crippen LogP contribution is -2.28. The maximum Gasteiger partial charge on any atom is 0.267 e. The van der Waals surface area contributed by atoms with Crippen LogP contribution in [0, 0.1) is 0 Å². The van der Waals surface area contributed by atoms with Crippen LogP contribution in [-0.4, -0.2) is 29.3 Å². The Morgan fingerprint density at radius 1 is 1.10 bits per heavy atom. The van der Waals surface area contributed by atoms with Gasteiger partial charge in [-0.05, 0) is 77.5 Å². The van der Waals surface area contributed by atoms with Crippen LogP contribution in [0.4, 0.5) is 0 Å². The van der Waals surface area contributed by atoms with Crippen molar-refractivity contribution in [1.29, 1.82) is 0 Å². The molecule has 3 aromatic rings. The lowest BCUT2D eigenvalue weighted by Gasteiger charge is -2.12. The number of carbonyl (C=O) groups is 1. The molecule has 4 rings (SSSR count). The van der Waals surface area contributed by atoms with Crippen molar-refractivity contribution in [3.8, 4) is 5.75 Å². The highest BCUT2D eigenvalue weighted by molar-refractivity contribution is 9.10. The van der Waals surface area contributed by atoms with E-state index in [9.17, 15) is 4.79 Å². The van der Waals surface area contributed by atoms with E-state index in [2.05, 4.69) is 26.1 Å². The largest absolute Gasteiger partial charge is 0.497 e. The molecule has 1 amide bonds. The van der Waals surface area contributed by atoms with E-state index in [0.29, 0.717) is 15.8 Å². The number of amidine groups is 1. The second-order valence-electron chi connectivity index (χ2n) is 6.53. The highest BCUT2D eigenvalue weighted by atomic mass is 79.9. The molecule has 0 aliphatic carbocycles. The van der Waals surface area contributed by atoms with E-state index < -0.39 is 0 Å². The number of ether oxygens (including phenoxy) is 1. The Kier molecular flexibility index (Phi) is 6.69. The molecule has 1 aromatic heterocycles. The van der Waals surface area contributed by atoms with Crippen LogP contribution in [-0.2, 0) is 11.3 Å². The Hall–Kier alpha value is -3.10. The summed E-state index contributed by atoms with van der Waals surface area (Å²) < 4.78 is 11.6. The number of rotatable bonds is 6. The fourth-order valence-electron chi connectivity index (χ4n) is 2.83. The third-order valence-electron chi connectivity index (χ3n) is 4.42. The van der Waals surface area contributed by atoms with Crippen molar-refractivity contribution in [3.05, 3.63) is 93.2 Å². The maximum atomic E-state index is 13.1. The topological polar surface area (TPSA) is 67.4 Å². The average molecular weight is 496 g/mol. The van der Waals surface area contributed by atoms with Crippen molar-refractivity contribution in [1.82, 2.24) is 4.90 Å². The van der Waals surface area contributed by atoms with Crippen molar-refractivity contribution in [2.75, 3.05) is 7.11 Å². The van der Waals surface area contributed by atoms with Crippen LogP contribution in [0.15, 0.2) is 90.9 Å². The summed E-state index contributed by atoms with van der Waals surface area (Å²) in [5, 5.41) is 9.00. The summed E-state index contributed by atoms with van der Waals surface area (Å²) in [6.45, 7) is 0.285. The molecule has 156 valence electrons. The van der Waals surface area contributed by atoms with Gasteiger partial charge in [-0.1, -0.05) is 28.1 Å². The molecule has 0 atom stereocenters. The zero-order chi connectivity index (χ0) is 21.6. The minimum absolute atomic E-state index is 0.136. The Bertz CT molecular complexity index is 1140. The molecule has 0 bridgehead atoms. The Morgan fingerprint density at radius 2 is 1.84 bits per heavy atom. The first kappa shape index (κ1) is 21.1. The van der Waals surface area contributed by atoms with Gasteiger partial charge in [0, 0.05) is 4.47 Å². The van der Waals surface area contributed by atoms with E-state index in [1.807, 2.05) is 60.7 Å². The highest BCUT2D eigenvalue weighted by Gasteiger charge is 2.34. The van der Waals surface area contributed by atoms with Crippen molar-refractivity contribution in [3.63, 3.8) is 0 Å². The van der Waals surface area contributed by atoms with Gasteiger partial charge in [0.1, 0.15) is 11.5 Å². The fraction of sp³-hybridized carbons (Fsp3) is 0.0870. The fourth-order valence-corrected chi connectivity index (χ4v) is 4.02. The summed E-state index contributed by atoms with van der Waals surface area (Å²) in [6.07, 6.45) is 5.07. The van der Waals surface area contributed by atoms with E-state index in [-0.39, 0.29) is 12.5 Å². The summed E-state index contributed by atoms with van der Waals surface area (Å²) in [7, 11) is 1.62. The van der Waals surface area contributed by atoms with Gasteiger partial charge in [0.15, 0.2) is 5.17 Å². The monoisotopic (exact) mass is 495 g/mol. The van der Waals surface area contributed by atoms with Gasteiger partial charge >= 0.3 is 0 Å². The van der Waals surface area contributed by atoms with Crippen molar-refractivity contribution in [2.45, 2.75) is 6.54 Å². The first-order valence-corrected chi connectivity index (χ1v) is 11.0. The maximum absolute atomic E-state index is 13.1. The molecular formula is C23H18BrN3O3S. The van der Waals surface area contributed by atoms with Gasteiger partial charge in [0.05, 0.1) is 31.0 Å². The molecule has 0 radical (unpaired) electrons. The van der Waals surface area contributed by atoms with E-state index in [1.165, 1.54) is 11.8 Å². The van der Waals surface area contributed by atoms with Gasteiger partial charge in [0.25, 0.3) is 5.91 Å². The summed E-state index contributed by atoms with van der Waals surface area (Å²) in [5.74, 6) is 1.31. The summed E-state index contributed by atoms with van der Waals surface area (Å²) in [5.41, 5.74) is 1.81. The lowest BCUT2D eigenvalue weighted by atomic mass is 10.2. The van der Waals surface area contributed by atoms with Crippen molar-refractivity contribution < 1.29 is 13.9 Å². The number of carbonyl (C=O) groups excluding carboxylic acids is 1. The minimum atomic E-state index is -0.136. The number of hydrogen-bond acceptors (Lipinski definition) is 6. The molecule has 2 aromatic carbocycles. The smallest absolute Gasteiger partial charge is 0.267 e. The van der Waals surface area contributed by atoms with Crippen molar-refractivity contribution in [2.24, 2.45) is 10.2 Å². The molecule has 0 N–H and O–H groups in total. The van der Waals surface area contributed by atoms with Gasteiger partial charge in [-0.25, -0.2) is 0 Å². The molecule has 0 spiro atoms. The molecule has 0 saturated carbocycles. The molecule has 0 unspecified atom stereocenters. The number of thioether (sulfide) groups is 1. The zero-order valence-electron chi connectivity index (χ0n) is 16.6. The molecule has 31 heavy (non-hydrogen) atoms. The quantitative estimate of drug-likeness (QED) is 0.255. The molecule has 2 heterocycles. The van der Waals surface area contributed by atoms with Crippen LogP contribution in [0.5, 0.6) is 5.75 Å². The van der Waals surface area contributed by atoms with Gasteiger partial charge in [-0.2, -0.15) is 5.10 Å². The van der Waals surface area contributed by atoms with Crippen LogP contribution in [0.2, 0.25) is 0 Å². The van der Waals surface area contributed by atoms with Crippen LogP contribution >= 0.6 is 27.7 Å². The predicted molar refractivity (Wildman–Crippen MR) is 127 cm³/mol. The summed E-state index contributed by atoms with van der Waals surface area (Å²) >= 11 is 4.71. The molecule has 1 aliphatic heterocycles. The van der Waals surface area contributed by atoms with Gasteiger partial charge in [-0.3, -0.25) is 9.69 Å². The second kappa shape index (κ2) is 9.80. The normalized spacial score (nSPS) is 16.7. The number of hydrogen-bond donors (Lipinski definition) is 0. The summed E-state index contributed by atoms with van der Waals surface area (Å²) in [4.78, 5) is 15.2. The van der Waals surface area contributed by atoms with E-state index in [0.717, 1.165) is 21.3 Å². The second-order valence-corrected chi connectivity index (χ2v) is 8.46. The predicted octanol–water partition coefficient (Wildman–Crippen LogP) is 5.56. The van der Waals surface area contributed by atoms with Crippen LogP contribution < -0.4 is 4.74 Å². The number of amides is 1. The van der Waals surface area contributed by atoms with Gasteiger partial charge in [-0.15, -0.1) is 5.10 Å². The molecule has 1 fully saturated rings. The molecule has 6 nitrogen and oxygen atoms in total.